The van der Waals surface area contributed by atoms with E-state index in [4.69, 9.17) is 5.84 Å². The highest BCUT2D eigenvalue weighted by molar-refractivity contribution is 5.15. The number of nitrogens with zero attached hydrogens (tertiary/aromatic N) is 1. The number of rotatable bonds is 6. The molecule has 112 valence electrons. The van der Waals surface area contributed by atoms with Crippen molar-refractivity contribution < 1.29 is 0 Å². The summed E-state index contributed by atoms with van der Waals surface area (Å²) < 4.78 is 0. The quantitative estimate of drug-likeness (QED) is 0.619. The van der Waals surface area contributed by atoms with Crippen LogP contribution in [-0.4, -0.2) is 30.6 Å². The van der Waals surface area contributed by atoms with E-state index in [-0.39, 0.29) is 5.54 Å². The summed E-state index contributed by atoms with van der Waals surface area (Å²) in [7, 11) is 4.41. The lowest BCUT2D eigenvalue weighted by molar-refractivity contribution is 0.0536. The summed E-state index contributed by atoms with van der Waals surface area (Å²) in [6, 6.07) is 11.1. The molecule has 0 heterocycles. The molecule has 1 unspecified atom stereocenters. The largest absolute Gasteiger partial charge is 0.302 e. The van der Waals surface area contributed by atoms with Gasteiger partial charge in [0.1, 0.15) is 0 Å². The third-order valence-corrected chi connectivity index (χ3v) is 5.02. The van der Waals surface area contributed by atoms with Crippen molar-refractivity contribution in [2.45, 2.75) is 56.5 Å². The van der Waals surface area contributed by atoms with E-state index < -0.39 is 0 Å². The molecule has 1 aliphatic carbocycles. The van der Waals surface area contributed by atoms with Crippen LogP contribution in [0.15, 0.2) is 30.3 Å². The van der Waals surface area contributed by atoms with E-state index in [9.17, 15) is 0 Å². The maximum atomic E-state index is 5.91. The summed E-state index contributed by atoms with van der Waals surface area (Å²) in [5.74, 6) is 5.91. The molecule has 0 radical (unpaired) electrons. The topological polar surface area (TPSA) is 41.3 Å². The van der Waals surface area contributed by atoms with Gasteiger partial charge in [-0.15, -0.1) is 0 Å². The summed E-state index contributed by atoms with van der Waals surface area (Å²) in [5.41, 5.74) is 4.75. The van der Waals surface area contributed by atoms with Gasteiger partial charge in [0, 0.05) is 11.6 Å². The summed E-state index contributed by atoms with van der Waals surface area (Å²) in [6.45, 7) is 0. The molecule has 3 N–H and O–H groups in total. The first-order chi connectivity index (χ1) is 9.69. The average molecular weight is 275 g/mol. The van der Waals surface area contributed by atoms with Gasteiger partial charge < -0.3 is 4.90 Å². The van der Waals surface area contributed by atoms with Crippen molar-refractivity contribution in [3.63, 3.8) is 0 Å². The molecular formula is C17H29N3. The number of aryl methyl sites for hydroxylation is 1. The zero-order valence-corrected chi connectivity index (χ0v) is 12.9. The summed E-state index contributed by atoms with van der Waals surface area (Å²) in [5, 5.41) is 0. The van der Waals surface area contributed by atoms with Gasteiger partial charge in [0.15, 0.2) is 0 Å². The van der Waals surface area contributed by atoms with Gasteiger partial charge in [-0.1, -0.05) is 49.6 Å². The zero-order chi connectivity index (χ0) is 14.4. The molecule has 0 amide bonds. The molecule has 0 spiro atoms. The van der Waals surface area contributed by atoms with Crippen molar-refractivity contribution in [2.24, 2.45) is 5.84 Å². The van der Waals surface area contributed by atoms with Gasteiger partial charge in [0.2, 0.25) is 0 Å². The van der Waals surface area contributed by atoms with Crippen LogP contribution in [0.4, 0.5) is 0 Å². The second-order valence-electron chi connectivity index (χ2n) is 6.30. The minimum Gasteiger partial charge on any atom is -0.302 e. The van der Waals surface area contributed by atoms with E-state index in [1.165, 1.54) is 37.7 Å². The number of likely N-dealkylation sites (N-methyl/N-ethyl adjacent to an activating group) is 1. The highest BCUT2D eigenvalue weighted by Crippen LogP contribution is 2.36. The summed E-state index contributed by atoms with van der Waals surface area (Å²) >= 11 is 0. The minimum absolute atomic E-state index is 0.224. The highest BCUT2D eigenvalue weighted by Gasteiger charge is 2.40. The van der Waals surface area contributed by atoms with E-state index in [0.29, 0.717) is 6.04 Å². The first-order valence-electron chi connectivity index (χ1n) is 7.86. The van der Waals surface area contributed by atoms with E-state index in [2.05, 4.69) is 54.8 Å². The Balaban J connectivity index is 2.05. The Morgan fingerprint density at radius 3 is 2.35 bits per heavy atom. The molecule has 1 aromatic rings. The third-order valence-electron chi connectivity index (χ3n) is 5.02. The van der Waals surface area contributed by atoms with E-state index >= 15 is 0 Å². The van der Waals surface area contributed by atoms with Gasteiger partial charge in [-0.2, -0.15) is 0 Å². The third kappa shape index (κ3) is 3.40. The second-order valence-corrected chi connectivity index (χ2v) is 6.30. The van der Waals surface area contributed by atoms with Crippen molar-refractivity contribution in [2.75, 3.05) is 14.1 Å². The van der Waals surface area contributed by atoms with Crippen LogP contribution >= 0.6 is 0 Å². The molecule has 3 nitrogen and oxygen atoms in total. The van der Waals surface area contributed by atoms with Crippen molar-refractivity contribution in [1.82, 2.24) is 10.3 Å². The Bertz CT molecular complexity index is 382. The van der Waals surface area contributed by atoms with Crippen LogP contribution in [0.25, 0.3) is 0 Å². The van der Waals surface area contributed by atoms with Crippen molar-refractivity contribution in [3.8, 4) is 0 Å². The standard InChI is InChI=1S/C17H29N3/c1-20(2)17(13-7-4-8-14-17)16(19-18)12-11-15-9-5-3-6-10-15/h3,5-6,9-10,16,19H,4,7-8,11-14,18H2,1-2H3. The van der Waals surface area contributed by atoms with Crippen molar-refractivity contribution >= 4 is 0 Å². The molecule has 0 bridgehead atoms. The molecule has 20 heavy (non-hydrogen) atoms. The van der Waals surface area contributed by atoms with E-state index in [1.807, 2.05) is 0 Å². The van der Waals surface area contributed by atoms with Crippen LogP contribution in [0, 0.1) is 0 Å². The van der Waals surface area contributed by atoms with Crippen LogP contribution < -0.4 is 11.3 Å². The normalized spacial score (nSPS) is 20.0. The Morgan fingerprint density at radius 1 is 1.15 bits per heavy atom. The van der Waals surface area contributed by atoms with Gasteiger partial charge in [-0.25, -0.2) is 0 Å². The Labute approximate surface area is 123 Å². The SMILES string of the molecule is CN(C)C1(C(CCc2ccccc2)NN)CCCCC1. The van der Waals surface area contributed by atoms with Crippen molar-refractivity contribution in [3.05, 3.63) is 35.9 Å². The van der Waals surface area contributed by atoms with E-state index in [1.54, 1.807) is 0 Å². The Morgan fingerprint density at radius 2 is 1.80 bits per heavy atom. The number of nitrogens with one attached hydrogen (secondary N) is 1. The second kappa shape index (κ2) is 7.21. The van der Waals surface area contributed by atoms with Gasteiger partial charge in [-0.3, -0.25) is 11.3 Å². The fraction of sp³-hybridized carbons (Fsp3) is 0.647. The number of nitrogens with two attached hydrogens (primary N) is 1. The van der Waals surface area contributed by atoms with Crippen LogP contribution in [0.1, 0.15) is 44.1 Å². The zero-order valence-electron chi connectivity index (χ0n) is 12.9. The lowest BCUT2D eigenvalue weighted by Gasteiger charge is -2.48. The van der Waals surface area contributed by atoms with Gasteiger partial charge in [-0.05, 0) is 45.3 Å². The van der Waals surface area contributed by atoms with E-state index in [0.717, 1.165) is 12.8 Å². The number of hydrogen-bond acceptors (Lipinski definition) is 3. The lowest BCUT2D eigenvalue weighted by Crippen LogP contribution is -2.61. The Kier molecular flexibility index (Phi) is 5.58. The van der Waals surface area contributed by atoms with Gasteiger partial charge >= 0.3 is 0 Å². The van der Waals surface area contributed by atoms with Gasteiger partial charge in [0.05, 0.1) is 0 Å². The van der Waals surface area contributed by atoms with Gasteiger partial charge in [0.25, 0.3) is 0 Å². The van der Waals surface area contributed by atoms with Crippen molar-refractivity contribution in [1.29, 1.82) is 0 Å². The number of benzene rings is 1. The number of hydrazine groups is 1. The molecule has 1 fully saturated rings. The van der Waals surface area contributed by atoms with Crippen LogP contribution in [0.2, 0.25) is 0 Å². The first kappa shape index (κ1) is 15.5. The highest BCUT2D eigenvalue weighted by atomic mass is 15.3. The average Bonchev–Trinajstić information content (AvgIpc) is 2.49. The number of hydrogen-bond donors (Lipinski definition) is 2. The fourth-order valence-corrected chi connectivity index (χ4v) is 3.73. The molecule has 1 aliphatic rings. The molecule has 1 atom stereocenters. The summed E-state index contributed by atoms with van der Waals surface area (Å²) in [4.78, 5) is 2.40. The molecule has 0 aliphatic heterocycles. The maximum Gasteiger partial charge on any atom is 0.0397 e. The molecule has 1 saturated carbocycles. The minimum atomic E-state index is 0.224. The maximum absolute atomic E-state index is 5.91. The fourth-order valence-electron chi connectivity index (χ4n) is 3.73. The molecular weight excluding hydrogens is 246 g/mol. The predicted octanol–water partition coefficient (Wildman–Crippen LogP) is 2.72. The molecule has 1 aromatic carbocycles. The smallest absolute Gasteiger partial charge is 0.0397 e. The Hall–Kier alpha value is -0.900. The predicted molar refractivity (Wildman–Crippen MR) is 85.4 cm³/mol. The monoisotopic (exact) mass is 275 g/mol. The first-order valence-corrected chi connectivity index (χ1v) is 7.86. The molecule has 0 saturated heterocycles. The molecule has 2 rings (SSSR count). The van der Waals surface area contributed by atoms with Crippen LogP contribution in [0.5, 0.6) is 0 Å². The van der Waals surface area contributed by atoms with Crippen LogP contribution in [-0.2, 0) is 6.42 Å². The van der Waals surface area contributed by atoms with Crippen LogP contribution in [0.3, 0.4) is 0 Å². The lowest BCUT2D eigenvalue weighted by atomic mass is 9.74. The summed E-state index contributed by atoms with van der Waals surface area (Å²) in [6.07, 6.45) is 8.70. The molecule has 0 aromatic heterocycles. The molecule has 3 heteroatoms.